The van der Waals surface area contributed by atoms with Gasteiger partial charge in [0.1, 0.15) is 0 Å². The second-order valence-electron chi connectivity index (χ2n) is 3.95. The van der Waals surface area contributed by atoms with Crippen molar-refractivity contribution < 1.29 is 17.3 Å². The second-order valence-corrected chi connectivity index (χ2v) is 5.57. The van der Waals surface area contributed by atoms with Gasteiger partial charge in [0.05, 0.1) is 33.0 Å². The van der Waals surface area contributed by atoms with Crippen LogP contribution in [0.1, 0.15) is 11.4 Å². The molecule has 0 atom stereocenters. The van der Waals surface area contributed by atoms with Gasteiger partial charge in [0.2, 0.25) is 0 Å². The van der Waals surface area contributed by atoms with Gasteiger partial charge in [-0.3, -0.25) is 17.3 Å². The van der Waals surface area contributed by atoms with Gasteiger partial charge in [0, 0.05) is 0 Å². The van der Waals surface area contributed by atoms with E-state index in [1.165, 1.54) is 24.3 Å². The monoisotopic (exact) mass is 438 g/mol. The predicted octanol–water partition coefficient (Wildman–Crippen LogP) is 3.81. The first-order valence-electron chi connectivity index (χ1n) is 5.78. The second kappa shape index (κ2) is 7.32. The summed E-state index contributed by atoms with van der Waals surface area (Å²) in [6.07, 6.45) is 2.22. The maximum Gasteiger partial charge on any atom is 0.678 e. The molecule has 2 heterocycles. The molecule has 12 heteroatoms. The molecule has 0 fully saturated rings. The molecule has 0 radical (unpaired) electrons. The van der Waals surface area contributed by atoms with Crippen LogP contribution in [0.4, 0.5) is 17.3 Å². The van der Waals surface area contributed by atoms with Gasteiger partial charge < -0.3 is 8.96 Å². The minimum atomic E-state index is -2.73. The Bertz CT molecular complexity index is 654. The Kier molecular flexibility index (Phi) is 5.68. The first-order chi connectivity index (χ1) is 10.4. The third kappa shape index (κ3) is 3.72. The summed E-state index contributed by atoms with van der Waals surface area (Å²) in [5.74, 6) is 0. The molecule has 114 valence electrons. The van der Waals surface area contributed by atoms with Crippen LogP contribution in [0.3, 0.4) is 0 Å². The van der Waals surface area contributed by atoms with Gasteiger partial charge in [-0.15, -0.1) is 0 Å². The van der Waals surface area contributed by atoms with E-state index in [2.05, 4.69) is 42.1 Å². The lowest BCUT2D eigenvalue weighted by Crippen LogP contribution is -2.16. The van der Waals surface area contributed by atoms with Crippen LogP contribution in [0.2, 0.25) is 0 Å². The molecule has 2 aromatic heterocycles. The van der Waals surface area contributed by atoms with Crippen molar-refractivity contribution in [3.63, 3.8) is 0 Å². The molecule has 0 saturated heterocycles. The average molecular weight is 440 g/mol. The summed E-state index contributed by atoms with van der Waals surface area (Å²) in [7, 11) is -5.47. The number of halogens is 6. The van der Waals surface area contributed by atoms with Crippen LogP contribution in [0.25, 0.3) is 0 Å². The van der Waals surface area contributed by atoms with E-state index in [0.717, 1.165) is 12.4 Å². The third-order valence-corrected chi connectivity index (χ3v) is 3.93. The van der Waals surface area contributed by atoms with Gasteiger partial charge >= 0.3 is 14.8 Å². The Balaban J connectivity index is 2.17. The fourth-order valence-electron chi connectivity index (χ4n) is 1.68. The molecule has 0 amide bonds. The highest BCUT2D eigenvalue weighted by atomic mass is 79.9. The highest BCUT2D eigenvalue weighted by Gasteiger charge is 2.22. The summed E-state index contributed by atoms with van der Waals surface area (Å²) in [6.45, 7) is 0. The van der Waals surface area contributed by atoms with Gasteiger partial charge in [0.15, 0.2) is 0 Å². The van der Waals surface area contributed by atoms with Gasteiger partial charge in [-0.2, -0.15) is 10.2 Å². The predicted molar refractivity (Wildman–Crippen MR) is 86.2 cm³/mol. The number of hydrogen-bond acceptors (Lipinski definition) is 2. The van der Waals surface area contributed by atoms with Crippen molar-refractivity contribution in [2.75, 3.05) is 0 Å². The molecule has 4 nitrogen and oxygen atoms in total. The summed E-state index contributed by atoms with van der Waals surface area (Å²) >= 11 is 5.97. The van der Waals surface area contributed by atoms with Crippen molar-refractivity contribution in [2.24, 2.45) is 10.2 Å². The highest BCUT2D eigenvalue weighted by Crippen LogP contribution is 2.17. The number of rotatable bonds is 5. The van der Waals surface area contributed by atoms with Crippen LogP contribution in [0, 0.1) is 0 Å². The molecule has 2 aromatic rings. The summed E-state index contributed by atoms with van der Waals surface area (Å²) in [5.41, 5.74) is 0.258. The summed E-state index contributed by atoms with van der Waals surface area (Å²) in [5, 5.41) is 7.20. The largest absolute Gasteiger partial charge is 0.678 e. The maximum absolute atomic E-state index is 12.8. The fourth-order valence-corrected chi connectivity index (χ4v) is 2.67. The van der Waals surface area contributed by atoms with Crippen LogP contribution < -0.4 is 0 Å². The molecule has 0 unspecified atom stereocenters. The first kappa shape index (κ1) is 17.1. The summed E-state index contributed by atoms with van der Waals surface area (Å²) in [4.78, 5) is 0. The minimum absolute atomic E-state index is 0.129. The molecule has 2 rings (SSSR count). The maximum atomic E-state index is 12.8. The van der Waals surface area contributed by atoms with E-state index in [1.54, 1.807) is 0 Å². The van der Waals surface area contributed by atoms with Gasteiger partial charge in [-0.05, 0) is 56.1 Å². The fraction of sp³-hybridized carbons (Fsp3) is 0. The molecule has 0 spiro atoms. The van der Waals surface area contributed by atoms with Gasteiger partial charge in [-0.25, -0.2) is 0 Å². The molecule has 22 heavy (non-hydrogen) atoms. The third-order valence-electron chi connectivity index (χ3n) is 2.64. The Morgan fingerprint density at radius 1 is 0.773 bits per heavy atom. The van der Waals surface area contributed by atoms with Crippen molar-refractivity contribution in [3.05, 3.63) is 44.9 Å². The Morgan fingerprint density at radius 2 is 1.14 bits per heavy atom. The Hall–Kier alpha value is -1.29. The number of aromatic nitrogens is 2. The zero-order chi connectivity index (χ0) is 16.3. The quantitative estimate of drug-likeness (QED) is 0.294. The molecule has 0 aromatic carbocycles. The highest BCUT2D eigenvalue weighted by molar-refractivity contribution is 9.10. The first-order valence-corrected chi connectivity index (χ1v) is 7.36. The van der Waals surface area contributed by atoms with Gasteiger partial charge in [-0.1, -0.05) is 0 Å². The standard InChI is InChI=1S/C10H6B2Br2F4N4/c13-9-3-1-7(21(9)11(15)16)5-19-20-6-8-2-4-10(14)22(8)12(17)18/h1-6H/b19-5+,20-6+. The molecule has 0 aliphatic heterocycles. The smallest absolute Gasteiger partial charge is 0.319 e. The topological polar surface area (TPSA) is 34.6 Å². The van der Waals surface area contributed by atoms with Crippen LogP contribution in [-0.2, 0) is 0 Å². The summed E-state index contributed by atoms with van der Waals surface area (Å²) in [6, 6.07) is 5.73. The lowest BCUT2D eigenvalue weighted by Gasteiger charge is -2.02. The van der Waals surface area contributed by atoms with E-state index in [9.17, 15) is 17.3 Å². The molecular weight excluding hydrogens is 434 g/mol. The molecular formula is C10H6B2Br2F4N4. The minimum Gasteiger partial charge on any atom is -0.319 e. The normalized spacial score (nSPS) is 11.7. The molecule has 0 N–H and O–H groups in total. The van der Waals surface area contributed by atoms with E-state index >= 15 is 0 Å². The number of nitrogens with zero attached hydrogens (tertiary/aromatic N) is 4. The SMILES string of the molecule is FB(F)n1c(Br)ccc1/C=N/N=C/c1ccc(Br)n1B(F)F. The zero-order valence-corrected chi connectivity index (χ0v) is 13.8. The van der Waals surface area contributed by atoms with E-state index in [4.69, 9.17) is 0 Å². The Labute approximate surface area is 140 Å². The number of hydrogen-bond donors (Lipinski definition) is 0. The molecule has 0 aliphatic carbocycles. The summed E-state index contributed by atoms with van der Waals surface area (Å²) < 4.78 is 52.9. The zero-order valence-electron chi connectivity index (χ0n) is 10.7. The van der Waals surface area contributed by atoms with Crippen molar-refractivity contribution in [2.45, 2.75) is 0 Å². The lowest BCUT2D eigenvalue weighted by atomic mass is 10.2. The van der Waals surface area contributed by atoms with Crippen LogP contribution in [-0.4, -0.2) is 36.2 Å². The van der Waals surface area contributed by atoms with Gasteiger partial charge in [0.25, 0.3) is 0 Å². The van der Waals surface area contributed by atoms with E-state index in [0.29, 0.717) is 8.96 Å². The van der Waals surface area contributed by atoms with Crippen molar-refractivity contribution in [1.82, 2.24) is 8.96 Å². The van der Waals surface area contributed by atoms with Crippen LogP contribution in [0.15, 0.2) is 43.7 Å². The van der Waals surface area contributed by atoms with Crippen molar-refractivity contribution in [1.29, 1.82) is 0 Å². The van der Waals surface area contributed by atoms with E-state index < -0.39 is 14.8 Å². The molecule has 0 saturated carbocycles. The lowest BCUT2D eigenvalue weighted by molar-refractivity contribution is 0.625. The van der Waals surface area contributed by atoms with Crippen molar-refractivity contribution in [3.8, 4) is 0 Å². The van der Waals surface area contributed by atoms with Crippen LogP contribution in [0.5, 0.6) is 0 Å². The van der Waals surface area contributed by atoms with E-state index in [-0.39, 0.29) is 20.6 Å². The van der Waals surface area contributed by atoms with Crippen LogP contribution >= 0.6 is 31.9 Å². The average Bonchev–Trinajstić information content (AvgIpc) is 2.98. The van der Waals surface area contributed by atoms with Crippen molar-refractivity contribution >= 4 is 59.1 Å². The Morgan fingerprint density at radius 3 is 1.45 bits per heavy atom. The van der Waals surface area contributed by atoms with E-state index in [1.807, 2.05) is 0 Å². The molecule has 0 aliphatic rings. The molecule has 0 bridgehead atoms.